The van der Waals surface area contributed by atoms with Gasteiger partial charge in [0, 0.05) is 25.1 Å². The number of Topliss-reactive ketones (excluding diaryl/α,β-unsaturated/α-hetero) is 1. The van der Waals surface area contributed by atoms with E-state index in [2.05, 4.69) is 27.8 Å². The second-order valence-corrected chi connectivity index (χ2v) is 9.60. The Balaban J connectivity index is 1.20. The van der Waals surface area contributed by atoms with Crippen molar-refractivity contribution in [3.8, 4) is 0 Å². The van der Waals surface area contributed by atoms with Gasteiger partial charge in [0.05, 0.1) is 6.20 Å². The molecule has 1 saturated heterocycles. The number of carbonyl (C=O) groups excluding carboxylic acids is 1. The van der Waals surface area contributed by atoms with Gasteiger partial charge in [0.1, 0.15) is 5.78 Å². The summed E-state index contributed by atoms with van der Waals surface area (Å²) in [4.78, 5) is 14.5. The maximum absolute atomic E-state index is 11.8. The fourth-order valence-corrected chi connectivity index (χ4v) is 5.35. The van der Waals surface area contributed by atoms with Crippen LogP contribution in [-0.4, -0.2) is 40.1 Å². The fourth-order valence-electron chi connectivity index (χ4n) is 5.35. The Kier molecular flexibility index (Phi) is 9.23. The average Bonchev–Trinajstić information content (AvgIpc) is 3.22. The van der Waals surface area contributed by atoms with Gasteiger partial charge in [-0.2, -0.15) is 5.10 Å². The number of likely N-dealkylation sites (tertiary alicyclic amines) is 1. The summed E-state index contributed by atoms with van der Waals surface area (Å²) in [7, 11) is 0. The summed E-state index contributed by atoms with van der Waals surface area (Å²) in [5.41, 5.74) is 1.35. The standard InChI is InChI=1S/C25H43N3O/c1-3-21-18-26-28(19-21)20-23-13-16-27(17-14-23)15-7-5-6-8-22-9-11-24(12-10-22)25(29)4-2/h18-19,22-24H,3-17,20H2,1-2H3. The molecule has 164 valence electrons. The van der Waals surface area contributed by atoms with Crippen LogP contribution in [0.25, 0.3) is 0 Å². The topological polar surface area (TPSA) is 38.1 Å². The fraction of sp³-hybridized carbons (Fsp3) is 0.840. The lowest BCUT2D eigenvalue weighted by Gasteiger charge is -2.32. The van der Waals surface area contributed by atoms with Crippen molar-refractivity contribution in [3.05, 3.63) is 18.0 Å². The first-order valence-electron chi connectivity index (χ1n) is 12.4. The van der Waals surface area contributed by atoms with Gasteiger partial charge in [0.15, 0.2) is 0 Å². The zero-order valence-electron chi connectivity index (χ0n) is 19.0. The summed E-state index contributed by atoms with van der Waals surface area (Å²) in [6, 6.07) is 0. The molecule has 1 aromatic rings. The molecule has 1 aromatic heterocycles. The third-order valence-electron chi connectivity index (χ3n) is 7.48. The average molecular weight is 402 g/mol. The summed E-state index contributed by atoms with van der Waals surface area (Å²) >= 11 is 0. The van der Waals surface area contributed by atoms with Crippen molar-refractivity contribution in [2.24, 2.45) is 17.8 Å². The first kappa shape index (κ1) is 22.5. The third-order valence-corrected chi connectivity index (χ3v) is 7.48. The van der Waals surface area contributed by atoms with Crippen LogP contribution in [0.1, 0.15) is 90.0 Å². The number of ketones is 1. The maximum atomic E-state index is 11.8. The number of piperidine rings is 1. The van der Waals surface area contributed by atoms with Gasteiger partial charge in [-0.3, -0.25) is 9.48 Å². The van der Waals surface area contributed by atoms with Gasteiger partial charge in [-0.1, -0.05) is 33.1 Å². The monoisotopic (exact) mass is 401 g/mol. The number of unbranched alkanes of at least 4 members (excludes halogenated alkanes) is 2. The van der Waals surface area contributed by atoms with Crippen molar-refractivity contribution in [3.63, 3.8) is 0 Å². The summed E-state index contributed by atoms with van der Waals surface area (Å²) in [5, 5.41) is 4.51. The first-order valence-corrected chi connectivity index (χ1v) is 12.4. The SMILES string of the molecule is CCC(=O)C1CCC(CCCCCN2CCC(Cn3cc(CC)cn3)CC2)CC1. The number of aryl methyl sites for hydroxylation is 1. The van der Waals surface area contributed by atoms with Gasteiger partial charge in [-0.25, -0.2) is 0 Å². The molecular weight excluding hydrogens is 358 g/mol. The summed E-state index contributed by atoms with van der Waals surface area (Å²) in [6.45, 7) is 9.12. The summed E-state index contributed by atoms with van der Waals surface area (Å²) in [5.74, 6) is 2.58. The largest absolute Gasteiger partial charge is 0.303 e. The quantitative estimate of drug-likeness (QED) is 0.459. The van der Waals surface area contributed by atoms with Crippen LogP contribution < -0.4 is 0 Å². The van der Waals surface area contributed by atoms with E-state index in [1.54, 1.807) is 0 Å². The molecule has 4 nitrogen and oxygen atoms in total. The molecule has 0 atom stereocenters. The Morgan fingerprint density at radius 1 is 1.00 bits per heavy atom. The highest BCUT2D eigenvalue weighted by atomic mass is 16.1. The molecule has 1 saturated carbocycles. The molecule has 0 unspecified atom stereocenters. The van der Waals surface area contributed by atoms with Crippen molar-refractivity contribution in [2.75, 3.05) is 19.6 Å². The van der Waals surface area contributed by atoms with Crippen LogP contribution in [0.3, 0.4) is 0 Å². The number of carbonyl (C=O) groups is 1. The lowest BCUT2D eigenvalue weighted by molar-refractivity contribution is -0.123. The Morgan fingerprint density at radius 2 is 1.76 bits per heavy atom. The number of rotatable bonds is 11. The second kappa shape index (κ2) is 11.9. The molecule has 0 amide bonds. The van der Waals surface area contributed by atoms with Crippen molar-refractivity contribution in [1.82, 2.24) is 14.7 Å². The molecule has 3 rings (SSSR count). The van der Waals surface area contributed by atoms with Crippen LogP contribution in [0.4, 0.5) is 0 Å². The van der Waals surface area contributed by atoms with Crippen LogP contribution in [-0.2, 0) is 17.8 Å². The Bertz CT molecular complexity index is 595. The van der Waals surface area contributed by atoms with E-state index in [1.807, 2.05) is 13.1 Å². The lowest BCUT2D eigenvalue weighted by Crippen LogP contribution is -2.35. The van der Waals surface area contributed by atoms with Gasteiger partial charge in [-0.05, 0) is 88.4 Å². The summed E-state index contributed by atoms with van der Waals surface area (Å²) in [6.07, 6.45) is 19.1. The highest BCUT2D eigenvalue weighted by Crippen LogP contribution is 2.33. The number of hydrogen-bond acceptors (Lipinski definition) is 3. The molecular formula is C25H43N3O. The highest BCUT2D eigenvalue weighted by Gasteiger charge is 2.25. The first-order chi connectivity index (χ1) is 14.2. The third kappa shape index (κ3) is 7.24. The van der Waals surface area contributed by atoms with Crippen molar-refractivity contribution in [1.29, 1.82) is 0 Å². The van der Waals surface area contributed by atoms with Gasteiger partial charge >= 0.3 is 0 Å². The minimum absolute atomic E-state index is 0.390. The lowest BCUT2D eigenvalue weighted by atomic mass is 9.78. The Morgan fingerprint density at radius 3 is 2.41 bits per heavy atom. The van der Waals surface area contributed by atoms with E-state index < -0.39 is 0 Å². The molecule has 29 heavy (non-hydrogen) atoms. The van der Waals surface area contributed by atoms with Crippen molar-refractivity contribution < 1.29 is 4.79 Å². The van der Waals surface area contributed by atoms with Crippen LogP contribution in [0.15, 0.2) is 12.4 Å². The molecule has 1 aliphatic carbocycles. The number of hydrogen-bond donors (Lipinski definition) is 0. The zero-order chi connectivity index (χ0) is 20.5. The second-order valence-electron chi connectivity index (χ2n) is 9.60. The molecule has 0 N–H and O–H groups in total. The van der Waals surface area contributed by atoms with Gasteiger partial charge in [-0.15, -0.1) is 0 Å². The van der Waals surface area contributed by atoms with Crippen LogP contribution in [0.2, 0.25) is 0 Å². The van der Waals surface area contributed by atoms with Gasteiger partial charge in [0.2, 0.25) is 0 Å². The summed E-state index contributed by atoms with van der Waals surface area (Å²) < 4.78 is 2.16. The normalized spacial score (nSPS) is 24.1. The van der Waals surface area contributed by atoms with Crippen LogP contribution in [0, 0.1) is 17.8 Å². The molecule has 0 bridgehead atoms. The van der Waals surface area contributed by atoms with E-state index >= 15 is 0 Å². The maximum Gasteiger partial charge on any atom is 0.135 e. The molecule has 2 heterocycles. The predicted molar refractivity (Wildman–Crippen MR) is 120 cm³/mol. The van der Waals surface area contributed by atoms with Crippen LogP contribution >= 0.6 is 0 Å². The minimum atomic E-state index is 0.390. The van der Waals surface area contributed by atoms with E-state index in [0.29, 0.717) is 11.7 Å². The molecule has 0 aromatic carbocycles. The van der Waals surface area contributed by atoms with Gasteiger partial charge < -0.3 is 4.90 Å². The smallest absolute Gasteiger partial charge is 0.135 e. The van der Waals surface area contributed by atoms with Crippen LogP contribution in [0.5, 0.6) is 0 Å². The van der Waals surface area contributed by atoms with E-state index in [0.717, 1.165) is 44.1 Å². The molecule has 4 heteroatoms. The minimum Gasteiger partial charge on any atom is -0.303 e. The predicted octanol–water partition coefficient (Wildman–Crippen LogP) is 5.50. The van der Waals surface area contributed by atoms with Crippen molar-refractivity contribution in [2.45, 2.75) is 97.4 Å². The van der Waals surface area contributed by atoms with E-state index in [-0.39, 0.29) is 0 Å². The van der Waals surface area contributed by atoms with Crippen molar-refractivity contribution >= 4 is 5.78 Å². The van der Waals surface area contributed by atoms with E-state index in [1.165, 1.54) is 76.6 Å². The molecule has 0 spiro atoms. The zero-order valence-corrected chi connectivity index (χ0v) is 19.0. The molecule has 0 radical (unpaired) electrons. The highest BCUT2D eigenvalue weighted by molar-refractivity contribution is 5.80. The number of nitrogens with zero attached hydrogens (tertiary/aromatic N) is 3. The van der Waals surface area contributed by atoms with Gasteiger partial charge in [0.25, 0.3) is 0 Å². The molecule has 2 aliphatic rings. The number of aromatic nitrogens is 2. The van der Waals surface area contributed by atoms with E-state index in [4.69, 9.17) is 0 Å². The molecule has 2 fully saturated rings. The Labute approximate surface area is 178 Å². The molecule has 1 aliphatic heterocycles. The van der Waals surface area contributed by atoms with E-state index in [9.17, 15) is 4.79 Å². The Hall–Kier alpha value is -1.16.